The van der Waals surface area contributed by atoms with Gasteiger partial charge in [-0.15, -0.1) is 0 Å². The standard InChI is InChI=1S/C13H12FNO4/c1-6-7(2)12(17)15(11(6)16)10-4-3-8(13(18)19)5-9(10)14/h3-7H,1-2H3,(H,18,19). The molecule has 1 N–H and O–H groups in total. The van der Waals surface area contributed by atoms with Crippen molar-refractivity contribution in [2.45, 2.75) is 13.8 Å². The van der Waals surface area contributed by atoms with E-state index in [1.165, 1.54) is 0 Å². The number of imide groups is 1. The Bertz CT molecular complexity index is 564. The van der Waals surface area contributed by atoms with Gasteiger partial charge >= 0.3 is 5.97 Å². The highest BCUT2D eigenvalue weighted by atomic mass is 19.1. The minimum atomic E-state index is -1.27. The van der Waals surface area contributed by atoms with Gasteiger partial charge in [0.05, 0.1) is 11.3 Å². The van der Waals surface area contributed by atoms with E-state index in [1.54, 1.807) is 13.8 Å². The third-order valence-corrected chi connectivity index (χ3v) is 3.41. The number of carboxylic acid groups (broad SMARTS) is 1. The van der Waals surface area contributed by atoms with Crippen LogP contribution in [0.15, 0.2) is 18.2 Å². The molecule has 2 unspecified atom stereocenters. The van der Waals surface area contributed by atoms with Gasteiger partial charge in [-0.2, -0.15) is 0 Å². The average Bonchev–Trinajstić information content (AvgIpc) is 2.55. The van der Waals surface area contributed by atoms with Crippen LogP contribution in [0.5, 0.6) is 0 Å². The zero-order valence-electron chi connectivity index (χ0n) is 10.4. The normalized spacial score (nSPS) is 23.0. The number of aromatic carboxylic acids is 1. The molecular weight excluding hydrogens is 253 g/mol. The summed E-state index contributed by atoms with van der Waals surface area (Å²) in [6, 6.07) is 3.10. The first-order valence-electron chi connectivity index (χ1n) is 5.75. The smallest absolute Gasteiger partial charge is 0.335 e. The lowest BCUT2D eigenvalue weighted by atomic mass is 10.00. The molecule has 0 saturated carbocycles. The second-order valence-electron chi connectivity index (χ2n) is 4.56. The van der Waals surface area contributed by atoms with Gasteiger partial charge in [-0.05, 0) is 18.2 Å². The molecular formula is C13H12FNO4. The van der Waals surface area contributed by atoms with Crippen LogP contribution in [0.3, 0.4) is 0 Å². The number of carboxylic acids is 1. The molecule has 1 aromatic rings. The number of rotatable bonds is 2. The summed E-state index contributed by atoms with van der Waals surface area (Å²) in [4.78, 5) is 35.3. The van der Waals surface area contributed by atoms with Crippen molar-refractivity contribution in [2.75, 3.05) is 4.90 Å². The summed E-state index contributed by atoms with van der Waals surface area (Å²) in [6.07, 6.45) is 0. The van der Waals surface area contributed by atoms with E-state index in [2.05, 4.69) is 0 Å². The van der Waals surface area contributed by atoms with Crippen LogP contribution < -0.4 is 4.90 Å². The number of nitrogens with zero attached hydrogens (tertiary/aromatic N) is 1. The van der Waals surface area contributed by atoms with Crippen LogP contribution in [0.2, 0.25) is 0 Å². The average molecular weight is 265 g/mol. The fraction of sp³-hybridized carbons (Fsp3) is 0.308. The number of hydrogen-bond acceptors (Lipinski definition) is 3. The minimum Gasteiger partial charge on any atom is -0.478 e. The monoisotopic (exact) mass is 265 g/mol. The van der Waals surface area contributed by atoms with Gasteiger partial charge in [0.2, 0.25) is 11.8 Å². The molecule has 0 aromatic heterocycles. The molecule has 2 atom stereocenters. The maximum Gasteiger partial charge on any atom is 0.335 e. The molecule has 0 bridgehead atoms. The lowest BCUT2D eigenvalue weighted by Crippen LogP contribution is -2.31. The van der Waals surface area contributed by atoms with E-state index in [1.807, 2.05) is 0 Å². The third kappa shape index (κ3) is 1.99. The van der Waals surface area contributed by atoms with E-state index in [-0.39, 0.29) is 11.3 Å². The fourth-order valence-electron chi connectivity index (χ4n) is 2.00. The van der Waals surface area contributed by atoms with Crippen LogP contribution in [0.25, 0.3) is 0 Å². The second kappa shape index (κ2) is 4.46. The van der Waals surface area contributed by atoms with E-state index in [0.717, 1.165) is 23.1 Å². The molecule has 0 aliphatic carbocycles. The number of benzene rings is 1. The van der Waals surface area contributed by atoms with Crippen molar-refractivity contribution in [2.24, 2.45) is 11.8 Å². The number of amides is 2. The van der Waals surface area contributed by atoms with Crippen molar-refractivity contribution in [1.29, 1.82) is 0 Å². The van der Waals surface area contributed by atoms with E-state index >= 15 is 0 Å². The van der Waals surface area contributed by atoms with Crippen LogP contribution in [0, 0.1) is 17.7 Å². The van der Waals surface area contributed by atoms with E-state index in [9.17, 15) is 18.8 Å². The van der Waals surface area contributed by atoms with Crippen molar-refractivity contribution in [3.05, 3.63) is 29.6 Å². The first kappa shape index (κ1) is 13.2. The SMILES string of the molecule is CC1C(=O)N(c2ccc(C(=O)O)cc2F)C(=O)C1C. The number of hydrogen-bond donors (Lipinski definition) is 1. The van der Waals surface area contributed by atoms with E-state index < -0.39 is 35.4 Å². The highest BCUT2D eigenvalue weighted by Crippen LogP contribution is 2.32. The molecule has 19 heavy (non-hydrogen) atoms. The van der Waals surface area contributed by atoms with Gasteiger partial charge in [0.25, 0.3) is 0 Å². The van der Waals surface area contributed by atoms with Crippen LogP contribution >= 0.6 is 0 Å². The van der Waals surface area contributed by atoms with Crippen LogP contribution in [-0.4, -0.2) is 22.9 Å². The summed E-state index contributed by atoms with van der Waals surface area (Å²) in [5.74, 6) is -4.13. The summed E-state index contributed by atoms with van der Waals surface area (Å²) < 4.78 is 13.9. The van der Waals surface area contributed by atoms with Crippen molar-refractivity contribution < 1.29 is 23.9 Å². The maximum absolute atomic E-state index is 13.9. The molecule has 0 spiro atoms. The third-order valence-electron chi connectivity index (χ3n) is 3.41. The van der Waals surface area contributed by atoms with Gasteiger partial charge < -0.3 is 5.11 Å². The first-order valence-corrected chi connectivity index (χ1v) is 5.75. The molecule has 5 nitrogen and oxygen atoms in total. The summed E-state index contributed by atoms with van der Waals surface area (Å²) in [5.41, 5.74) is -0.433. The van der Waals surface area contributed by atoms with Crippen LogP contribution in [-0.2, 0) is 9.59 Å². The Kier molecular flexibility index (Phi) is 3.09. The van der Waals surface area contributed by atoms with E-state index in [4.69, 9.17) is 5.11 Å². The topological polar surface area (TPSA) is 74.7 Å². The predicted molar refractivity (Wildman–Crippen MR) is 64.2 cm³/mol. The Morgan fingerprint density at radius 3 is 2.16 bits per heavy atom. The van der Waals surface area contributed by atoms with Gasteiger partial charge in [-0.25, -0.2) is 14.1 Å². The van der Waals surface area contributed by atoms with Crippen LogP contribution in [0.1, 0.15) is 24.2 Å². The summed E-state index contributed by atoms with van der Waals surface area (Å²) in [7, 11) is 0. The van der Waals surface area contributed by atoms with Gasteiger partial charge in [0, 0.05) is 11.8 Å². The number of carbonyl (C=O) groups is 3. The molecule has 1 heterocycles. The Morgan fingerprint density at radius 1 is 1.21 bits per heavy atom. The van der Waals surface area contributed by atoms with Gasteiger partial charge in [-0.1, -0.05) is 13.8 Å². The van der Waals surface area contributed by atoms with Gasteiger partial charge in [-0.3, -0.25) is 9.59 Å². The Morgan fingerprint density at radius 2 is 1.74 bits per heavy atom. The molecule has 6 heteroatoms. The van der Waals surface area contributed by atoms with Crippen LogP contribution in [0.4, 0.5) is 10.1 Å². The summed E-state index contributed by atoms with van der Waals surface area (Å²) >= 11 is 0. The van der Waals surface area contributed by atoms with Crippen molar-refractivity contribution >= 4 is 23.5 Å². The molecule has 2 amide bonds. The number of halogens is 1. The second-order valence-corrected chi connectivity index (χ2v) is 4.56. The van der Waals surface area contributed by atoms with Crippen molar-refractivity contribution in [1.82, 2.24) is 0 Å². The molecule has 0 radical (unpaired) electrons. The molecule has 1 aliphatic heterocycles. The summed E-state index contributed by atoms with van der Waals surface area (Å²) in [6.45, 7) is 3.21. The maximum atomic E-state index is 13.9. The molecule has 1 saturated heterocycles. The summed E-state index contributed by atoms with van der Waals surface area (Å²) in [5, 5.41) is 8.74. The molecule has 2 rings (SSSR count). The lowest BCUT2D eigenvalue weighted by Gasteiger charge is -2.15. The molecule has 1 aromatic carbocycles. The van der Waals surface area contributed by atoms with Gasteiger partial charge in [0.15, 0.2) is 0 Å². The predicted octanol–water partition coefficient (Wildman–Crippen LogP) is 1.67. The Labute approximate surface area is 108 Å². The highest BCUT2D eigenvalue weighted by Gasteiger charge is 2.43. The van der Waals surface area contributed by atoms with Crippen molar-refractivity contribution in [3.8, 4) is 0 Å². The largest absolute Gasteiger partial charge is 0.478 e. The molecule has 100 valence electrons. The fourth-order valence-corrected chi connectivity index (χ4v) is 2.00. The zero-order valence-corrected chi connectivity index (χ0v) is 10.4. The molecule has 1 aliphatic rings. The molecule has 1 fully saturated rings. The quantitative estimate of drug-likeness (QED) is 0.825. The lowest BCUT2D eigenvalue weighted by molar-refractivity contribution is -0.122. The van der Waals surface area contributed by atoms with E-state index in [0.29, 0.717) is 0 Å². The minimum absolute atomic E-state index is 0.198. The first-order chi connectivity index (χ1) is 8.84. The van der Waals surface area contributed by atoms with Crippen molar-refractivity contribution in [3.63, 3.8) is 0 Å². The highest BCUT2D eigenvalue weighted by molar-refractivity contribution is 6.21. The zero-order chi connectivity index (χ0) is 14.3. The van der Waals surface area contributed by atoms with Gasteiger partial charge in [0.1, 0.15) is 5.82 Å². The number of anilines is 1. The Balaban J connectivity index is 2.46. The Hall–Kier alpha value is -2.24. The number of carbonyl (C=O) groups excluding carboxylic acids is 2.